The molecule has 2 saturated carbocycles. The summed E-state index contributed by atoms with van der Waals surface area (Å²) in [5.74, 6) is 1.06. The molecule has 0 saturated heterocycles. The number of hydrogen-bond donors (Lipinski definition) is 1. The Morgan fingerprint density at radius 2 is 1.95 bits per heavy atom. The van der Waals surface area contributed by atoms with Gasteiger partial charge in [-0.25, -0.2) is 4.98 Å². The fourth-order valence-electron chi connectivity index (χ4n) is 3.80. The number of nitrogens with one attached hydrogen (secondary N) is 1. The van der Waals surface area contributed by atoms with Crippen LogP contribution in [0.2, 0.25) is 0 Å². The van der Waals surface area contributed by atoms with E-state index in [0.29, 0.717) is 18.2 Å². The summed E-state index contributed by atoms with van der Waals surface area (Å²) < 4.78 is 7.99. The molecule has 1 N–H and O–H groups in total. The van der Waals surface area contributed by atoms with E-state index in [1.54, 1.807) is 0 Å². The number of rotatable bonds is 4. The second-order valence-electron chi connectivity index (χ2n) is 6.36. The van der Waals surface area contributed by atoms with Gasteiger partial charge in [0.25, 0.3) is 0 Å². The van der Waals surface area contributed by atoms with E-state index >= 15 is 0 Å². The van der Waals surface area contributed by atoms with Crippen LogP contribution in [0.15, 0.2) is 6.20 Å². The Kier molecular flexibility index (Phi) is 4.29. The first kappa shape index (κ1) is 13.9. The summed E-state index contributed by atoms with van der Waals surface area (Å²) in [4.78, 5) is 4.71. The standard InChI is InChI=1S/C16H27N3O/c1-12-11-19(14-9-6-10-15(14)20-2)16(17-12)18-13-7-4-3-5-8-13/h11,13-15H,3-10H2,1-2H3,(H,17,18). The molecule has 3 rings (SSSR count). The molecular weight excluding hydrogens is 250 g/mol. The molecule has 0 bridgehead atoms. The van der Waals surface area contributed by atoms with Crippen molar-refractivity contribution in [1.29, 1.82) is 0 Å². The molecule has 0 aliphatic heterocycles. The van der Waals surface area contributed by atoms with Crippen LogP contribution in [-0.4, -0.2) is 28.8 Å². The summed E-state index contributed by atoms with van der Waals surface area (Å²) in [7, 11) is 1.83. The molecule has 1 aromatic heterocycles. The van der Waals surface area contributed by atoms with Gasteiger partial charge in [0, 0.05) is 19.3 Å². The lowest BCUT2D eigenvalue weighted by Crippen LogP contribution is -2.27. The number of imidazole rings is 1. The van der Waals surface area contributed by atoms with Crippen molar-refractivity contribution < 1.29 is 4.74 Å². The predicted molar refractivity (Wildman–Crippen MR) is 81.1 cm³/mol. The van der Waals surface area contributed by atoms with Crippen molar-refractivity contribution in [1.82, 2.24) is 9.55 Å². The minimum absolute atomic E-state index is 0.343. The topological polar surface area (TPSA) is 39.1 Å². The molecule has 20 heavy (non-hydrogen) atoms. The first-order valence-corrected chi connectivity index (χ1v) is 8.12. The molecule has 4 nitrogen and oxygen atoms in total. The predicted octanol–water partition coefficient (Wildman–Crippen LogP) is 3.68. The van der Waals surface area contributed by atoms with Gasteiger partial charge < -0.3 is 14.6 Å². The molecule has 2 unspecified atom stereocenters. The molecule has 0 radical (unpaired) electrons. The third-order valence-electron chi connectivity index (χ3n) is 4.87. The smallest absolute Gasteiger partial charge is 0.203 e. The van der Waals surface area contributed by atoms with Crippen molar-refractivity contribution in [2.75, 3.05) is 12.4 Å². The normalized spacial score (nSPS) is 27.9. The number of aryl methyl sites for hydroxylation is 1. The van der Waals surface area contributed by atoms with Crippen molar-refractivity contribution in [3.63, 3.8) is 0 Å². The Hall–Kier alpha value is -1.03. The quantitative estimate of drug-likeness (QED) is 0.912. The highest BCUT2D eigenvalue weighted by atomic mass is 16.5. The van der Waals surface area contributed by atoms with Crippen LogP contribution in [-0.2, 0) is 4.74 Å². The number of hydrogen-bond acceptors (Lipinski definition) is 3. The van der Waals surface area contributed by atoms with Crippen molar-refractivity contribution >= 4 is 5.95 Å². The molecule has 112 valence electrons. The van der Waals surface area contributed by atoms with Gasteiger partial charge >= 0.3 is 0 Å². The second kappa shape index (κ2) is 6.17. The Morgan fingerprint density at radius 3 is 2.70 bits per heavy atom. The summed E-state index contributed by atoms with van der Waals surface area (Å²) in [6.07, 6.45) is 12.8. The van der Waals surface area contributed by atoms with E-state index in [1.165, 1.54) is 51.4 Å². The third-order valence-corrected chi connectivity index (χ3v) is 4.87. The van der Waals surface area contributed by atoms with Crippen LogP contribution in [0.3, 0.4) is 0 Å². The van der Waals surface area contributed by atoms with E-state index in [4.69, 9.17) is 9.72 Å². The molecule has 2 atom stereocenters. The lowest BCUT2D eigenvalue weighted by molar-refractivity contribution is 0.0755. The maximum atomic E-state index is 5.66. The average molecular weight is 277 g/mol. The minimum Gasteiger partial charge on any atom is -0.379 e. The van der Waals surface area contributed by atoms with E-state index in [9.17, 15) is 0 Å². The first-order valence-electron chi connectivity index (χ1n) is 8.12. The van der Waals surface area contributed by atoms with Gasteiger partial charge in [-0.2, -0.15) is 0 Å². The van der Waals surface area contributed by atoms with Gasteiger partial charge in [-0.15, -0.1) is 0 Å². The van der Waals surface area contributed by atoms with Gasteiger partial charge in [0.1, 0.15) is 0 Å². The highest BCUT2D eigenvalue weighted by molar-refractivity contribution is 5.31. The number of methoxy groups -OCH3 is 1. The van der Waals surface area contributed by atoms with Gasteiger partial charge in [-0.05, 0) is 39.0 Å². The Labute approximate surface area is 121 Å². The summed E-state index contributed by atoms with van der Waals surface area (Å²) in [6, 6.07) is 1.05. The minimum atomic E-state index is 0.343. The molecule has 2 aliphatic carbocycles. The van der Waals surface area contributed by atoms with Gasteiger partial charge in [0.05, 0.1) is 17.8 Å². The summed E-state index contributed by atoms with van der Waals surface area (Å²) in [5.41, 5.74) is 1.10. The molecule has 0 aromatic carbocycles. The molecule has 4 heteroatoms. The van der Waals surface area contributed by atoms with Crippen LogP contribution >= 0.6 is 0 Å². The maximum absolute atomic E-state index is 5.66. The lowest BCUT2D eigenvalue weighted by atomic mass is 9.96. The zero-order valence-electron chi connectivity index (χ0n) is 12.8. The molecule has 0 amide bonds. The van der Waals surface area contributed by atoms with E-state index in [1.807, 2.05) is 7.11 Å². The summed E-state index contributed by atoms with van der Waals surface area (Å²) in [5, 5.41) is 3.69. The number of ether oxygens (including phenoxy) is 1. The van der Waals surface area contributed by atoms with Gasteiger partial charge in [0.15, 0.2) is 0 Å². The fraction of sp³-hybridized carbons (Fsp3) is 0.812. The van der Waals surface area contributed by atoms with E-state index in [0.717, 1.165) is 11.6 Å². The Morgan fingerprint density at radius 1 is 1.15 bits per heavy atom. The van der Waals surface area contributed by atoms with Crippen LogP contribution in [0, 0.1) is 6.92 Å². The Balaban J connectivity index is 1.76. The zero-order valence-corrected chi connectivity index (χ0v) is 12.8. The van der Waals surface area contributed by atoms with Gasteiger partial charge in [-0.1, -0.05) is 19.3 Å². The lowest BCUT2D eigenvalue weighted by Gasteiger charge is -2.26. The maximum Gasteiger partial charge on any atom is 0.203 e. The SMILES string of the molecule is COC1CCCC1n1cc(C)nc1NC1CCCCC1. The van der Waals surface area contributed by atoms with Crippen molar-refractivity contribution in [3.05, 3.63) is 11.9 Å². The van der Waals surface area contributed by atoms with Crippen LogP contribution < -0.4 is 5.32 Å². The van der Waals surface area contributed by atoms with Crippen LogP contribution in [0.1, 0.15) is 63.1 Å². The highest BCUT2D eigenvalue weighted by Crippen LogP contribution is 2.35. The van der Waals surface area contributed by atoms with E-state index < -0.39 is 0 Å². The zero-order chi connectivity index (χ0) is 13.9. The molecule has 2 aliphatic rings. The van der Waals surface area contributed by atoms with Crippen LogP contribution in [0.4, 0.5) is 5.95 Å². The van der Waals surface area contributed by atoms with Crippen molar-refractivity contribution in [3.8, 4) is 0 Å². The first-order chi connectivity index (χ1) is 9.78. The molecule has 1 aromatic rings. The summed E-state index contributed by atoms with van der Waals surface area (Å²) >= 11 is 0. The number of anilines is 1. The summed E-state index contributed by atoms with van der Waals surface area (Å²) in [6.45, 7) is 2.08. The van der Waals surface area contributed by atoms with Gasteiger partial charge in [-0.3, -0.25) is 0 Å². The molecule has 2 fully saturated rings. The fourth-order valence-corrected chi connectivity index (χ4v) is 3.80. The highest BCUT2D eigenvalue weighted by Gasteiger charge is 2.30. The van der Waals surface area contributed by atoms with Crippen LogP contribution in [0.5, 0.6) is 0 Å². The van der Waals surface area contributed by atoms with Crippen molar-refractivity contribution in [2.24, 2.45) is 0 Å². The molecule has 0 spiro atoms. The molecular formula is C16H27N3O. The van der Waals surface area contributed by atoms with Crippen LogP contribution in [0.25, 0.3) is 0 Å². The van der Waals surface area contributed by atoms with Gasteiger partial charge in [0.2, 0.25) is 5.95 Å². The van der Waals surface area contributed by atoms with E-state index in [-0.39, 0.29) is 0 Å². The van der Waals surface area contributed by atoms with Crippen molar-refractivity contribution in [2.45, 2.75) is 76.5 Å². The number of nitrogens with zero attached hydrogens (tertiary/aromatic N) is 2. The average Bonchev–Trinajstić information content (AvgIpc) is 3.06. The monoisotopic (exact) mass is 277 g/mol. The largest absolute Gasteiger partial charge is 0.379 e. The molecule has 1 heterocycles. The second-order valence-corrected chi connectivity index (χ2v) is 6.36. The van der Waals surface area contributed by atoms with E-state index in [2.05, 4.69) is 23.0 Å². The number of aromatic nitrogens is 2. The third kappa shape index (κ3) is 2.85. The Bertz CT molecular complexity index is 437.